The number of nitrogens with one attached hydrogen (secondary N) is 3. The molecule has 0 aliphatic carbocycles. The number of thioether (sulfide) groups is 1. The zero-order chi connectivity index (χ0) is 34.5. The van der Waals surface area contributed by atoms with E-state index in [0.717, 1.165) is 4.90 Å². The maximum atomic E-state index is 13.6. The van der Waals surface area contributed by atoms with Gasteiger partial charge in [0.1, 0.15) is 17.2 Å². The summed E-state index contributed by atoms with van der Waals surface area (Å²) in [6.07, 6.45) is 2.09. The number of esters is 1. The second kappa shape index (κ2) is 17.7. The lowest BCUT2D eigenvalue weighted by Gasteiger charge is -2.15. The van der Waals surface area contributed by atoms with Gasteiger partial charge in [0.05, 0.1) is 38.2 Å². The third-order valence-corrected chi connectivity index (χ3v) is 8.88. The minimum atomic E-state index is -0.563. The summed E-state index contributed by atoms with van der Waals surface area (Å²) in [4.78, 5) is 56.7. The number of aromatic nitrogens is 1. The van der Waals surface area contributed by atoms with Crippen LogP contribution in [0.15, 0.2) is 88.8 Å². The molecule has 1 aromatic heterocycles. The van der Waals surface area contributed by atoms with Gasteiger partial charge in [-0.2, -0.15) is 0 Å². The van der Waals surface area contributed by atoms with Gasteiger partial charge >= 0.3 is 5.97 Å². The molecule has 0 aliphatic heterocycles. The lowest BCUT2D eigenvalue weighted by molar-refractivity contribution is -0.142. The fraction of sp³-hybridized carbons (Fsp3) is 0.229. The fourth-order valence-corrected chi connectivity index (χ4v) is 6.09. The van der Waals surface area contributed by atoms with Crippen molar-refractivity contribution < 1.29 is 33.4 Å². The maximum Gasteiger partial charge on any atom is 0.311 e. The van der Waals surface area contributed by atoms with E-state index in [9.17, 15) is 19.2 Å². The molecule has 1 unspecified atom stereocenters. The monoisotopic (exact) mass is 688 g/mol. The van der Waals surface area contributed by atoms with Gasteiger partial charge in [0.15, 0.2) is 5.13 Å². The predicted molar refractivity (Wildman–Crippen MR) is 188 cm³/mol. The third-order valence-electron chi connectivity index (χ3n) is 6.72. The summed E-state index contributed by atoms with van der Waals surface area (Å²) in [5, 5.41) is 10.1. The van der Waals surface area contributed by atoms with E-state index in [4.69, 9.17) is 14.2 Å². The molecule has 3 amide bonds. The molecule has 4 aromatic rings. The minimum absolute atomic E-state index is 0.0121. The van der Waals surface area contributed by atoms with E-state index in [1.807, 2.05) is 13.0 Å². The molecule has 250 valence electrons. The predicted octanol–water partition coefficient (Wildman–Crippen LogP) is 6.18. The van der Waals surface area contributed by atoms with Gasteiger partial charge in [0.25, 0.3) is 11.8 Å². The second-order valence-electron chi connectivity index (χ2n) is 10.1. The Hall–Kier alpha value is -5.14. The van der Waals surface area contributed by atoms with Crippen LogP contribution in [0.1, 0.15) is 41.9 Å². The number of thiazole rings is 1. The second-order valence-corrected chi connectivity index (χ2v) is 12.2. The van der Waals surface area contributed by atoms with Crippen molar-refractivity contribution in [1.29, 1.82) is 0 Å². The highest BCUT2D eigenvalue weighted by atomic mass is 32.2. The van der Waals surface area contributed by atoms with Gasteiger partial charge in [-0.1, -0.05) is 31.2 Å². The molecule has 4 rings (SSSR count). The van der Waals surface area contributed by atoms with Crippen molar-refractivity contribution in [3.05, 3.63) is 101 Å². The summed E-state index contributed by atoms with van der Waals surface area (Å²) in [6.45, 7) is 3.92. The van der Waals surface area contributed by atoms with Crippen LogP contribution in [0.3, 0.4) is 0 Å². The molecule has 0 fully saturated rings. The average Bonchev–Trinajstić information content (AvgIpc) is 3.53. The molecule has 11 nitrogen and oxygen atoms in total. The molecule has 1 atom stereocenters. The minimum Gasteiger partial charge on any atom is -0.497 e. The lowest BCUT2D eigenvalue weighted by Crippen LogP contribution is -2.30. The van der Waals surface area contributed by atoms with Gasteiger partial charge in [0.2, 0.25) is 5.91 Å². The van der Waals surface area contributed by atoms with Crippen molar-refractivity contribution in [3.8, 4) is 11.5 Å². The molecule has 1 heterocycles. The molecule has 48 heavy (non-hydrogen) atoms. The van der Waals surface area contributed by atoms with Crippen LogP contribution in [0.4, 0.5) is 10.8 Å². The summed E-state index contributed by atoms with van der Waals surface area (Å²) in [5.74, 6) is -0.621. The first-order chi connectivity index (χ1) is 23.2. The largest absolute Gasteiger partial charge is 0.497 e. The summed E-state index contributed by atoms with van der Waals surface area (Å²) in [5.41, 5.74) is 1.91. The molecular formula is C35H36N4O7S2. The summed E-state index contributed by atoms with van der Waals surface area (Å²) >= 11 is 2.57. The van der Waals surface area contributed by atoms with Gasteiger partial charge in [-0.25, -0.2) is 4.98 Å². The molecule has 0 radical (unpaired) electrons. The summed E-state index contributed by atoms with van der Waals surface area (Å²) in [6, 6.07) is 20.8. The SMILES string of the molecule is CCOC(=O)Cc1csc(NC(=O)C(CC)Sc2cccc(NC(=O)/C(=C\c3ccc(OC)cc3OC)NC(=O)c3ccccc3)c2)n1. The van der Waals surface area contributed by atoms with Gasteiger partial charge in [-0.15, -0.1) is 23.1 Å². The van der Waals surface area contributed by atoms with Crippen molar-refractivity contribution in [1.82, 2.24) is 10.3 Å². The highest BCUT2D eigenvalue weighted by Crippen LogP contribution is 2.30. The average molecular weight is 689 g/mol. The van der Waals surface area contributed by atoms with Crippen molar-refractivity contribution in [2.24, 2.45) is 0 Å². The van der Waals surface area contributed by atoms with Gasteiger partial charge < -0.3 is 30.2 Å². The van der Waals surface area contributed by atoms with Crippen LogP contribution < -0.4 is 25.4 Å². The molecule has 0 bridgehead atoms. The van der Waals surface area contributed by atoms with Crippen molar-refractivity contribution in [3.63, 3.8) is 0 Å². The first-order valence-electron chi connectivity index (χ1n) is 15.0. The van der Waals surface area contributed by atoms with E-state index in [1.54, 1.807) is 79.0 Å². The molecule has 0 spiro atoms. The molecule has 0 saturated carbocycles. The van der Waals surface area contributed by atoms with Crippen LogP contribution in [-0.2, 0) is 25.5 Å². The zero-order valence-corrected chi connectivity index (χ0v) is 28.5. The topological polar surface area (TPSA) is 145 Å². The number of hydrogen-bond acceptors (Lipinski definition) is 10. The molecule has 0 saturated heterocycles. The van der Waals surface area contributed by atoms with Crippen LogP contribution in [0.2, 0.25) is 0 Å². The number of benzene rings is 3. The normalized spacial score (nSPS) is 11.6. The Morgan fingerprint density at radius 2 is 1.73 bits per heavy atom. The zero-order valence-electron chi connectivity index (χ0n) is 26.9. The smallest absolute Gasteiger partial charge is 0.311 e. The molecular weight excluding hydrogens is 653 g/mol. The highest BCUT2D eigenvalue weighted by Gasteiger charge is 2.21. The Bertz CT molecular complexity index is 1780. The standard InChI is InChI=1S/C35H36N4O7S2/c1-5-30(34(43)39-35-37-25(21-47-35)19-31(40)46-6-2)48-27-14-10-13-24(18-27)36-33(42)28(38-32(41)22-11-8-7-9-12-22)17-23-15-16-26(44-3)20-29(23)45-4/h7-18,20-21,30H,5-6,19H2,1-4H3,(H,36,42)(H,38,41)(H,37,39,43)/b28-17+. The molecule has 3 aromatic carbocycles. The highest BCUT2D eigenvalue weighted by molar-refractivity contribution is 8.00. The van der Waals surface area contributed by atoms with Crippen molar-refractivity contribution >= 4 is 63.7 Å². The number of hydrogen-bond donors (Lipinski definition) is 3. The Kier molecular flexibility index (Phi) is 13.2. The molecule has 0 aliphatic rings. The van der Waals surface area contributed by atoms with Crippen LogP contribution >= 0.6 is 23.1 Å². The molecule has 13 heteroatoms. The lowest BCUT2D eigenvalue weighted by atomic mass is 10.1. The Labute approximate surface area is 287 Å². The van der Waals surface area contributed by atoms with Crippen LogP contribution in [0, 0.1) is 0 Å². The Morgan fingerprint density at radius 1 is 0.938 bits per heavy atom. The van der Waals surface area contributed by atoms with Crippen LogP contribution in [-0.4, -0.2) is 54.8 Å². The first-order valence-corrected chi connectivity index (χ1v) is 16.8. The van der Waals surface area contributed by atoms with Gasteiger partial charge in [-0.05, 0) is 61.9 Å². The fourth-order valence-electron chi connectivity index (χ4n) is 4.36. The number of carbonyl (C=O) groups is 4. The van der Waals surface area contributed by atoms with E-state index in [-0.39, 0.29) is 30.6 Å². The van der Waals surface area contributed by atoms with E-state index in [1.165, 1.54) is 43.4 Å². The van der Waals surface area contributed by atoms with Crippen molar-refractivity contribution in [2.45, 2.75) is 36.8 Å². The number of amides is 3. The van der Waals surface area contributed by atoms with E-state index >= 15 is 0 Å². The Morgan fingerprint density at radius 3 is 2.44 bits per heavy atom. The van der Waals surface area contributed by atoms with E-state index in [2.05, 4.69) is 20.9 Å². The van der Waals surface area contributed by atoms with Gasteiger partial charge in [0, 0.05) is 33.2 Å². The van der Waals surface area contributed by atoms with Crippen LogP contribution in [0.25, 0.3) is 6.08 Å². The van der Waals surface area contributed by atoms with Gasteiger partial charge in [-0.3, -0.25) is 19.2 Å². The number of ether oxygens (including phenoxy) is 3. The first kappa shape index (κ1) is 35.7. The Balaban J connectivity index is 1.49. The molecule has 3 N–H and O–H groups in total. The number of carbonyl (C=O) groups excluding carboxylic acids is 4. The van der Waals surface area contributed by atoms with E-state index < -0.39 is 17.1 Å². The van der Waals surface area contributed by atoms with Crippen molar-refractivity contribution in [2.75, 3.05) is 31.5 Å². The third kappa shape index (κ3) is 10.2. The summed E-state index contributed by atoms with van der Waals surface area (Å²) < 4.78 is 15.7. The number of nitrogens with zero attached hydrogens (tertiary/aromatic N) is 1. The summed E-state index contributed by atoms with van der Waals surface area (Å²) in [7, 11) is 3.04. The number of rotatable bonds is 15. The quantitative estimate of drug-likeness (QED) is 0.0757. The maximum absolute atomic E-state index is 13.6. The number of methoxy groups -OCH3 is 2. The number of anilines is 2. The van der Waals surface area contributed by atoms with Crippen LogP contribution in [0.5, 0.6) is 11.5 Å². The van der Waals surface area contributed by atoms with E-state index in [0.29, 0.717) is 45.6 Å².